The van der Waals surface area contributed by atoms with Crippen LogP contribution in [-0.2, 0) is 6.42 Å². The highest BCUT2D eigenvalue weighted by Gasteiger charge is 2.14. The van der Waals surface area contributed by atoms with E-state index in [-0.39, 0.29) is 11.9 Å². The second-order valence-electron chi connectivity index (χ2n) is 4.18. The molecule has 0 amide bonds. The number of benzene rings is 1. The molecule has 0 aliphatic carbocycles. The van der Waals surface area contributed by atoms with Crippen molar-refractivity contribution in [3.8, 4) is 0 Å². The van der Waals surface area contributed by atoms with Gasteiger partial charge in [-0.2, -0.15) is 0 Å². The molecule has 2 nitrogen and oxygen atoms in total. The van der Waals surface area contributed by atoms with Crippen LogP contribution in [0.1, 0.15) is 17.3 Å². The number of pyridine rings is 1. The Hall–Kier alpha value is -0.780. The van der Waals surface area contributed by atoms with Gasteiger partial charge in [-0.15, -0.1) is 0 Å². The van der Waals surface area contributed by atoms with Gasteiger partial charge >= 0.3 is 0 Å². The molecule has 1 aromatic carbocycles. The first-order chi connectivity index (χ1) is 9.10. The Balaban J connectivity index is 2.24. The van der Waals surface area contributed by atoms with Crippen LogP contribution in [0.3, 0.4) is 0 Å². The van der Waals surface area contributed by atoms with Crippen LogP contribution < -0.4 is 5.32 Å². The maximum atomic E-state index is 13.4. The lowest BCUT2D eigenvalue weighted by molar-refractivity contribution is 0.569. The topological polar surface area (TPSA) is 24.9 Å². The van der Waals surface area contributed by atoms with Crippen LogP contribution in [0.15, 0.2) is 45.5 Å². The molecule has 0 fully saturated rings. The lowest BCUT2D eigenvalue weighted by atomic mass is 10.0. The van der Waals surface area contributed by atoms with Crippen LogP contribution in [-0.4, -0.2) is 12.0 Å². The molecule has 1 atom stereocenters. The van der Waals surface area contributed by atoms with E-state index in [9.17, 15) is 4.39 Å². The summed E-state index contributed by atoms with van der Waals surface area (Å²) in [5.74, 6) is -0.234. The van der Waals surface area contributed by atoms with Crippen molar-refractivity contribution in [3.63, 3.8) is 0 Å². The number of hydrogen-bond donors (Lipinski definition) is 1. The third kappa shape index (κ3) is 3.84. The van der Waals surface area contributed by atoms with Crippen molar-refractivity contribution < 1.29 is 4.39 Å². The highest BCUT2D eigenvalue weighted by atomic mass is 79.9. The lowest BCUT2D eigenvalue weighted by Crippen LogP contribution is -2.20. The Morgan fingerprint density at radius 3 is 2.68 bits per heavy atom. The van der Waals surface area contributed by atoms with Crippen molar-refractivity contribution in [3.05, 3.63) is 62.5 Å². The molecule has 0 bridgehead atoms. The average molecular weight is 388 g/mol. The smallest absolute Gasteiger partial charge is 0.123 e. The summed E-state index contributed by atoms with van der Waals surface area (Å²) in [5, 5.41) is 3.20. The first-order valence-electron chi connectivity index (χ1n) is 5.83. The van der Waals surface area contributed by atoms with Crippen LogP contribution >= 0.6 is 31.9 Å². The standard InChI is InChI=1S/C14H13Br2FN2/c1-18-14(7-11-4-2-9(15)8-19-11)12-6-10(17)3-5-13(12)16/h2-6,8,14,18H,7H2,1H3. The summed E-state index contributed by atoms with van der Waals surface area (Å²) in [5.41, 5.74) is 1.85. The van der Waals surface area contributed by atoms with Gasteiger partial charge in [-0.25, -0.2) is 4.39 Å². The third-order valence-corrected chi connectivity index (χ3v) is 4.08. The van der Waals surface area contributed by atoms with E-state index >= 15 is 0 Å². The quantitative estimate of drug-likeness (QED) is 0.848. The normalized spacial score (nSPS) is 12.4. The zero-order valence-electron chi connectivity index (χ0n) is 10.3. The van der Waals surface area contributed by atoms with E-state index in [2.05, 4.69) is 42.2 Å². The van der Waals surface area contributed by atoms with Gasteiger partial charge in [-0.05, 0) is 58.9 Å². The van der Waals surface area contributed by atoms with Crippen molar-refractivity contribution in [2.75, 3.05) is 7.05 Å². The molecule has 2 rings (SSSR count). The maximum Gasteiger partial charge on any atom is 0.123 e. The SMILES string of the molecule is CNC(Cc1ccc(Br)cn1)c1cc(F)ccc1Br. The van der Waals surface area contributed by atoms with Gasteiger partial charge in [0.1, 0.15) is 5.82 Å². The summed E-state index contributed by atoms with van der Waals surface area (Å²) in [6.07, 6.45) is 2.47. The summed E-state index contributed by atoms with van der Waals surface area (Å²) in [7, 11) is 1.86. The fourth-order valence-electron chi connectivity index (χ4n) is 1.89. The minimum Gasteiger partial charge on any atom is -0.313 e. The van der Waals surface area contributed by atoms with Crippen molar-refractivity contribution in [1.82, 2.24) is 10.3 Å². The average Bonchev–Trinajstić information content (AvgIpc) is 2.41. The molecule has 0 saturated heterocycles. The zero-order valence-corrected chi connectivity index (χ0v) is 13.5. The van der Waals surface area contributed by atoms with Crippen molar-refractivity contribution in [2.24, 2.45) is 0 Å². The molecule has 5 heteroatoms. The van der Waals surface area contributed by atoms with E-state index in [1.807, 2.05) is 19.2 Å². The van der Waals surface area contributed by atoms with Crippen LogP contribution in [0.2, 0.25) is 0 Å². The predicted molar refractivity (Wildman–Crippen MR) is 81.5 cm³/mol. The van der Waals surface area contributed by atoms with Crippen molar-refractivity contribution >= 4 is 31.9 Å². The molecule has 19 heavy (non-hydrogen) atoms. The number of aromatic nitrogens is 1. The van der Waals surface area contributed by atoms with Gasteiger partial charge < -0.3 is 5.32 Å². The molecule has 0 spiro atoms. The largest absolute Gasteiger partial charge is 0.313 e. The van der Waals surface area contributed by atoms with Gasteiger partial charge in [0.15, 0.2) is 0 Å². The summed E-state index contributed by atoms with van der Waals surface area (Å²) >= 11 is 6.82. The number of halogens is 3. The predicted octanol–water partition coefficient (Wildman–Crippen LogP) is 4.25. The molecular weight excluding hydrogens is 375 g/mol. The molecule has 1 unspecified atom stereocenters. The van der Waals surface area contributed by atoms with Crippen LogP contribution in [0.4, 0.5) is 4.39 Å². The highest BCUT2D eigenvalue weighted by Crippen LogP contribution is 2.26. The number of rotatable bonds is 4. The second-order valence-corrected chi connectivity index (χ2v) is 5.95. The third-order valence-electron chi connectivity index (χ3n) is 2.88. The Labute approximate surface area is 128 Å². The van der Waals surface area contributed by atoms with E-state index in [4.69, 9.17) is 0 Å². The van der Waals surface area contributed by atoms with Crippen molar-refractivity contribution in [2.45, 2.75) is 12.5 Å². The Morgan fingerprint density at radius 1 is 1.26 bits per heavy atom. The highest BCUT2D eigenvalue weighted by molar-refractivity contribution is 9.10. The molecule has 2 aromatic rings. The summed E-state index contributed by atoms with van der Waals surface area (Å²) < 4.78 is 15.2. The minimum atomic E-state index is -0.234. The monoisotopic (exact) mass is 386 g/mol. The Bertz CT molecular complexity index is 558. The van der Waals surface area contributed by atoms with Gasteiger partial charge in [-0.1, -0.05) is 15.9 Å². The first-order valence-corrected chi connectivity index (χ1v) is 7.41. The van der Waals surface area contributed by atoms with Crippen LogP contribution in [0.5, 0.6) is 0 Å². The Morgan fingerprint density at radius 2 is 2.05 bits per heavy atom. The number of hydrogen-bond acceptors (Lipinski definition) is 2. The van der Waals surface area contributed by atoms with Gasteiger partial charge in [-0.3, -0.25) is 4.98 Å². The van der Waals surface area contributed by atoms with E-state index in [0.717, 1.165) is 20.2 Å². The van der Waals surface area contributed by atoms with Gasteiger partial charge in [0.2, 0.25) is 0 Å². The molecule has 0 saturated carbocycles. The van der Waals surface area contributed by atoms with E-state index in [1.165, 1.54) is 6.07 Å². The maximum absolute atomic E-state index is 13.4. The molecule has 1 aromatic heterocycles. The Kier molecular flexibility index (Phi) is 5.07. The fourth-order valence-corrected chi connectivity index (χ4v) is 2.64. The van der Waals surface area contributed by atoms with E-state index in [1.54, 1.807) is 18.3 Å². The van der Waals surface area contributed by atoms with Crippen molar-refractivity contribution in [1.29, 1.82) is 0 Å². The number of nitrogens with zero attached hydrogens (tertiary/aromatic N) is 1. The minimum absolute atomic E-state index is 0.0127. The molecule has 0 aliphatic rings. The molecule has 1 heterocycles. The van der Waals surface area contributed by atoms with Gasteiger partial charge in [0, 0.05) is 33.3 Å². The van der Waals surface area contributed by atoms with Gasteiger partial charge in [0.05, 0.1) is 0 Å². The zero-order chi connectivity index (χ0) is 13.8. The molecular formula is C14H13Br2FN2. The molecule has 0 radical (unpaired) electrons. The first kappa shape index (κ1) is 14.6. The molecule has 1 N–H and O–H groups in total. The number of nitrogens with one attached hydrogen (secondary N) is 1. The number of likely N-dealkylation sites (N-methyl/N-ethyl adjacent to an activating group) is 1. The fraction of sp³-hybridized carbons (Fsp3) is 0.214. The second kappa shape index (κ2) is 6.59. The van der Waals surface area contributed by atoms with E-state index < -0.39 is 0 Å². The van der Waals surface area contributed by atoms with Crippen LogP contribution in [0.25, 0.3) is 0 Å². The van der Waals surface area contributed by atoms with Gasteiger partial charge in [0.25, 0.3) is 0 Å². The van der Waals surface area contributed by atoms with Crippen LogP contribution in [0, 0.1) is 5.82 Å². The summed E-state index contributed by atoms with van der Waals surface area (Å²) in [4.78, 5) is 4.35. The molecule has 100 valence electrons. The lowest BCUT2D eigenvalue weighted by Gasteiger charge is -2.18. The van der Waals surface area contributed by atoms with E-state index in [0.29, 0.717) is 6.42 Å². The molecule has 0 aliphatic heterocycles. The summed E-state index contributed by atoms with van der Waals surface area (Å²) in [6, 6.07) is 8.64. The summed E-state index contributed by atoms with van der Waals surface area (Å²) in [6.45, 7) is 0.